The third kappa shape index (κ3) is 4.10. The number of aromatic nitrogens is 1. The van der Waals surface area contributed by atoms with Crippen LogP contribution in [0.25, 0.3) is 0 Å². The SMILES string of the molecule is CCNc1cc(C(=O)N(CC)CC(C)C#N)c(Cl)cn1. The van der Waals surface area contributed by atoms with Gasteiger partial charge in [-0.25, -0.2) is 4.98 Å². The van der Waals surface area contributed by atoms with Crippen molar-refractivity contribution in [2.75, 3.05) is 25.0 Å². The number of carbonyl (C=O) groups excluding carboxylic acids is 1. The van der Waals surface area contributed by atoms with Gasteiger partial charge in [0, 0.05) is 25.8 Å². The van der Waals surface area contributed by atoms with Crippen LogP contribution in [0, 0.1) is 17.2 Å². The molecule has 1 aromatic heterocycles. The van der Waals surface area contributed by atoms with Crippen molar-refractivity contribution < 1.29 is 4.79 Å². The fourth-order valence-electron chi connectivity index (χ4n) is 1.78. The lowest BCUT2D eigenvalue weighted by Crippen LogP contribution is -2.34. The molecular formula is C14H19ClN4O. The van der Waals surface area contributed by atoms with Gasteiger partial charge in [-0.05, 0) is 26.8 Å². The molecule has 1 unspecified atom stereocenters. The number of rotatable bonds is 6. The van der Waals surface area contributed by atoms with E-state index in [1.54, 1.807) is 17.9 Å². The molecule has 0 aliphatic rings. The molecule has 1 aromatic rings. The molecule has 0 saturated carbocycles. The number of halogens is 1. The number of hydrogen-bond acceptors (Lipinski definition) is 4. The third-order valence-corrected chi connectivity index (χ3v) is 3.13. The van der Waals surface area contributed by atoms with Crippen LogP contribution in [0.4, 0.5) is 5.82 Å². The maximum Gasteiger partial charge on any atom is 0.255 e. The molecule has 108 valence electrons. The van der Waals surface area contributed by atoms with Crippen molar-refractivity contribution in [1.82, 2.24) is 9.88 Å². The molecule has 0 saturated heterocycles. The number of nitrogens with one attached hydrogen (secondary N) is 1. The van der Waals surface area contributed by atoms with Crippen LogP contribution in [-0.2, 0) is 0 Å². The summed E-state index contributed by atoms with van der Waals surface area (Å²) >= 11 is 6.06. The summed E-state index contributed by atoms with van der Waals surface area (Å²) in [6, 6.07) is 3.78. The predicted octanol–water partition coefficient (Wildman–Crippen LogP) is 2.79. The zero-order chi connectivity index (χ0) is 15.1. The molecule has 20 heavy (non-hydrogen) atoms. The summed E-state index contributed by atoms with van der Waals surface area (Å²) in [5.74, 6) is 0.221. The highest BCUT2D eigenvalue weighted by atomic mass is 35.5. The summed E-state index contributed by atoms with van der Waals surface area (Å²) in [6.07, 6.45) is 1.47. The predicted molar refractivity (Wildman–Crippen MR) is 79.8 cm³/mol. The quantitative estimate of drug-likeness (QED) is 0.876. The van der Waals surface area contributed by atoms with Crippen LogP contribution in [0.2, 0.25) is 5.02 Å². The number of hydrogen-bond donors (Lipinski definition) is 1. The minimum absolute atomic E-state index is 0.179. The van der Waals surface area contributed by atoms with E-state index in [4.69, 9.17) is 16.9 Å². The summed E-state index contributed by atoms with van der Waals surface area (Å²) < 4.78 is 0. The molecule has 0 aliphatic heterocycles. The van der Waals surface area contributed by atoms with Gasteiger partial charge in [0.15, 0.2) is 0 Å². The van der Waals surface area contributed by atoms with Crippen molar-refractivity contribution >= 4 is 23.3 Å². The van der Waals surface area contributed by atoms with E-state index in [9.17, 15) is 4.79 Å². The monoisotopic (exact) mass is 294 g/mol. The molecule has 1 N–H and O–H groups in total. The topological polar surface area (TPSA) is 69.0 Å². The zero-order valence-electron chi connectivity index (χ0n) is 12.0. The molecule has 1 amide bonds. The Labute approximate surface area is 124 Å². The standard InChI is InChI=1S/C14H19ClN4O/c1-4-17-13-6-11(12(15)8-18-13)14(20)19(5-2)9-10(3)7-16/h6,8,10H,4-5,9H2,1-3H3,(H,17,18). The number of nitrogens with zero attached hydrogens (tertiary/aromatic N) is 3. The van der Waals surface area contributed by atoms with Crippen LogP contribution < -0.4 is 5.32 Å². The Morgan fingerprint density at radius 1 is 1.60 bits per heavy atom. The molecule has 1 atom stereocenters. The lowest BCUT2D eigenvalue weighted by atomic mass is 10.1. The Balaban J connectivity index is 2.99. The smallest absolute Gasteiger partial charge is 0.255 e. The highest BCUT2D eigenvalue weighted by Gasteiger charge is 2.19. The zero-order valence-corrected chi connectivity index (χ0v) is 12.7. The average Bonchev–Trinajstić information content (AvgIpc) is 2.46. The highest BCUT2D eigenvalue weighted by molar-refractivity contribution is 6.33. The van der Waals surface area contributed by atoms with Crippen molar-refractivity contribution in [3.05, 3.63) is 22.8 Å². The fourth-order valence-corrected chi connectivity index (χ4v) is 1.96. The molecule has 1 rings (SSSR count). The van der Waals surface area contributed by atoms with Crippen molar-refractivity contribution in [2.24, 2.45) is 5.92 Å². The van der Waals surface area contributed by atoms with E-state index in [2.05, 4.69) is 16.4 Å². The third-order valence-electron chi connectivity index (χ3n) is 2.83. The lowest BCUT2D eigenvalue weighted by Gasteiger charge is -2.22. The summed E-state index contributed by atoms with van der Waals surface area (Å²) in [5.41, 5.74) is 0.407. The first-order valence-electron chi connectivity index (χ1n) is 6.61. The van der Waals surface area contributed by atoms with Gasteiger partial charge in [0.1, 0.15) is 5.82 Å². The first-order valence-corrected chi connectivity index (χ1v) is 6.99. The van der Waals surface area contributed by atoms with Gasteiger partial charge in [0.25, 0.3) is 5.91 Å². The maximum atomic E-state index is 12.5. The summed E-state index contributed by atoms with van der Waals surface area (Å²) in [5, 5.41) is 12.2. The van der Waals surface area contributed by atoms with Gasteiger partial charge in [-0.2, -0.15) is 5.26 Å². The Hall–Kier alpha value is -1.80. The second-order valence-corrected chi connectivity index (χ2v) is 4.86. The molecular weight excluding hydrogens is 276 g/mol. The minimum Gasteiger partial charge on any atom is -0.370 e. The van der Waals surface area contributed by atoms with Crippen molar-refractivity contribution in [3.8, 4) is 6.07 Å². The average molecular weight is 295 g/mol. The van der Waals surface area contributed by atoms with Gasteiger partial charge in [-0.15, -0.1) is 0 Å². The maximum absolute atomic E-state index is 12.5. The summed E-state index contributed by atoms with van der Waals surface area (Å²) in [4.78, 5) is 18.2. The number of nitriles is 1. The van der Waals surface area contributed by atoms with Gasteiger partial charge >= 0.3 is 0 Å². The molecule has 0 aromatic carbocycles. The lowest BCUT2D eigenvalue weighted by molar-refractivity contribution is 0.0753. The van der Waals surface area contributed by atoms with E-state index in [-0.39, 0.29) is 11.8 Å². The van der Waals surface area contributed by atoms with Crippen molar-refractivity contribution in [2.45, 2.75) is 20.8 Å². The molecule has 0 aliphatic carbocycles. The molecule has 0 fully saturated rings. The van der Waals surface area contributed by atoms with E-state index in [0.717, 1.165) is 0 Å². The van der Waals surface area contributed by atoms with E-state index >= 15 is 0 Å². The van der Waals surface area contributed by atoms with E-state index in [1.807, 2.05) is 13.8 Å². The Kier molecular flexibility index (Phi) is 6.26. The molecule has 0 bridgehead atoms. The molecule has 0 radical (unpaired) electrons. The molecule has 5 nitrogen and oxygen atoms in total. The fraction of sp³-hybridized carbons (Fsp3) is 0.500. The van der Waals surface area contributed by atoms with Crippen LogP contribution in [0.1, 0.15) is 31.1 Å². The highest BCUT2D eigenvalue weighted by Crippen LogP contribution is 2.20. The first-order chi connectivity index (χ1) is 9.53. The molecule has 0 spiro atoms. The Morgan fingerprint density at radius 3 is 2.85 bits per heavy atom. The van der Waals surface area contributed by atoms with Crippen LogP contribution in [0.15, 0.2) is 12.3 Å². The van der Waals surface area contributed by atoms with E-state index in [1.165, 1.54) is 6.20 Å². The minimum atomic E-state index is -0.215. The molecule has 6 heteroatoms. The number of amides is 1. The summed E-state index contributed by atoms with van der Waals surface area (Å²) in [7, 11) is 0. The summed E-state index contributed by atoms with van der Waals surface area (Å²) in [6.45, 7) is 7.24. The van der Waals surface area contributed by atoms with Crippen LogP contribution in [-0.4, -0.2) is 35.4 Å². The van der Waals surface area contributed by atoms with E-state index in [0.29, 0.717) is 36.0 Å². The van der Waals surface area contributed by atoms with Crippen LogP contribution >= 0.6 is 11.6 Å². The first kappa shape index (κ1) is 16.3. The van der Waals surface area contributed by atoms with Gasteiger partial charge in [-0.3, -0.25) is 4.79 Å². The molecule has 1 heterocycles. The van der Waals surface area contributed by atoms with Gasteiger partial charge < -0.3 is 10.2 Å². The Morgan fingerprint density at radius 2 is 2.30 bits per heavy atom. The number of anilines is 1. The van der Waals surface area contributed by atoms with E-state index < -0.39 is 0 Å². The second-order valence-electron chi connectivity index (χ2n) is 4.45. The number of carbonyl (C=O) groups is 1. The van der Waals surface area contributed by atoms with Gasteiger partial charge in [0.2, 0.25) is 0 Å². The van der Waals surface area contributed by atoms with Crippen LogP contribution in [0.3, 0.4) is 0 Å². The number of pyridine rings is 1. The second kappa shape index (κ2) is 7.71. The Bertz CT molecular complexity index is 512. The van der Waals surface area contributed by atoms with Gasteiger partial charge in [-0.1, -0.05) is 11.6 Å². The van der Waals surface area contributed by atoms with Crippen LogP contribution in [0.5, 0.6) is 0 Å². The van der Waals surface area contributed by atoms with Crippen molar-refractivity contribution in [3.63, 3.8) is 0 Å². The normalized spacial score (nSPS) is 11.6. The largest absolute Gasteiger partial charge is 0.370 e. The van der Waals surface area contributed by atoms with Gasteiger partial charge in [0.05, 0.1) is 22.6 Å². The van der Waals surface area contributed by atoms with Crippen molar-refractivity contribution in [1.29, 1.82) is 5.26 Å².